The molecule has 3 heterocycles. The summed E-state index contributed by atoms with van der Waals surface area (Å²) in [7, 11) is 0. The van der Waals surface area contributed by atoms with Gasteiger partial charge in [-0.3, -0.25) is 9.78 Å². The lowest BCUT2D eigenvalue weighted by Crippen LogP contribution is -2.45. The third-order valence-corrected chi connectivity index (χ3v) is 4.08. The Morgan fingerprint density at radius 2 is 2.38 bits per heavy atom. The van der Waals surface area contributed by atoms with Gasteiger partial charge in [0, 0.05) is 31.5 Å². The van der Waals surface area contributed by atoms with Gasteiger partial charge >= 0.3 is 0 Å². The van der Waals surface area contributed by atoms with Crippen molar-refractivity contribution < 1.29 is 4.79 Å². The van der Waals surface area contributed by atoms with Gasteiger partial charge in [0.25, 0.3) is 5.91 Å². The van der Waals surface area contributed by atoms with Gasteiger partial charge < -0.3 is 10.2 Å². The Balaban J connectivity index is 1.78. The van der Waals surface area contributed by atoms with Crippen LogP contribution in [0.5, 0.6) is 0 Å². The van der Waals surface area contributed by atoms with Gasteiger partial charge in [-0.15, -0.1) is 0 Å². The summed E-state index contributed by atoms with van der Waals surface area (Å²) >= 11 is 0. The highest BCUT2D eigenvalue weighted by atomic mass is 16.2. The van der Waals surface area contributed by atoms with E-state index in [9.17, 15) is 4.79 Å². The van der Waals surface area contributed by atoms with E-state index in [0.717, 1.165) is 25.0 Å². The van der Waals surface area contributed by atoms with Crippen LogP contribution in [0.1, 0.15) is 36.5 Å². The number of aromatic nitrogens is 3. The van der Waals surface area contributed by atoms with E-state index in [-0.39, 0.29) is 5.91 Å². The van der Waals surface area contributed by atoms with E-state index in [4.69, 9.17) is 0 Å². The topological polar surface area (TPSA) is 62.5 Å². The molecule has 0 spiro atoms. The van der Waals surface area contributed by atoms with Crippen LogP contribution in [-0.4, -0.2) is 51.1 Å². The predicted molar refractivity (Wildman–Crippen MR) is 80.2 cm³/mol. The number of carbonyl (C=O) groups excluding carboxylic acids is 1. The maximum Gasteiger partial charge on any atom is 0.257 e. The van der Waals surface area contributed by atoms with Crippen LogP contribution in [0.15, 0.2) is 24.8 Å². The van der Waals surface area contributed by atoms with E-state index in [0.29, 0.717) is 18.2 Å². The summed E-state index contributed by atoms with van der Waals surface area (Å²) in [4.78, 5) is 18.7. The number of nitrogens with zero attached hydrogens (tertiary/aromatic N) is 4. The number of carbonyl (C=O) groups is 1. The zero-order chi connectivity index (χ0) is 14.7. The van der Waals surface area contributed by atoms with E-state index in [1.165, 1.54) is 12.8 Å². The van der Waals surface area contributed by atoms with Crippen molar-refractivity contribution >= 4 is 11.4 Å². The Kier molecular flexibility index (Phi) is 4.15. The molecular formula is C15H21N5O. The van der Waals surface area contributed by atoms with Crippen molar-refractivity contribution in [3.63, 3.8) is 0 Å². The third-order valence-electron chi connectivity index (χ3n) is 4.08. The van der Waals surface area contributed by atoms with Crippen molar-refractivity contribution in [2.24, 2.45) is 0 Å². The highest BCUT2D eigenvalue weighted by molar-refractivity contribution is 6.00. The molecule has 0 radical (unpaired) electrons. The molecule has 1 atom stereocenters. The molecule has 0 aliphatic carbocycles. The molecule has 1 fully saturated rings. The van der Waals surface area contributed by atoms with Crippen LogP contribution in [-0.2, 0) is 0 Å². The van der Waals surface area contributed by atoms with Gasteiger partial charge in [0.1, 0.15) is 0 Å². The standard InChI is InChI=1S/C15H21N5O/c1-2-19(11-12-5-3-4-6-17-12)15(21)13-9-18-20-8-7-16-10-14(13)20/h7-10,12,17H,2-6,11H2,1H3. The monoisotopic (exact) mass is 287 g/mol. The summed E-state index contributed by atoms with van der Waals surface area (Å²) < 4.78 is 1.69. The fraction of sp³-hybridized carbons (Fsp3) is 0.533. The average molecular weight is 287 g/mol. The summed E-state index contributed by atoms with van der Waals surface area (Å²) in [6.45, 7) is 4.53. The first-order valence-corrected chi connectivity index (χ1v) is 7.59. The SMILES string of the molecule is CCN(CC1CCCCN1)C(=O)c1cnn2ccncc12. The number of hydrogen-bond acceptors (Lipinski definition) is 4. The molecule has 2 aromatic heterocycles. The van der Waals surface area contributed by atoms with Crippen molar-refractivity contribution in [1.29, 1.82) is 0 Å². The van der Waals surface area contributed by atoms with Crippen LogP contribution in [0.25, 0.3) is 5.52 Å². The van der Waals surface area contributed by atoms with Gasteiger partial charge in [-0.25, -0.2) is 4.52 Å². The van der Waals surface area contributed by atoms with Crippen molar-refractivity contribution in [3.05, 3.63) is 30.4 Å². The number of nitrogens with one attached hydrogen (secondary N) is 1. The molecule has 0 bridgehead atoms. The van der Waals surface area contributed by atoms with Crippen LogP contribution in [0.4, 0.5) is 0 Å². The molecule has 2 aromatic rings. The van der Waals surface area contributed by atoms with Crippen LogP contribution in [0.3, 0.4) is 0 Å². The highest BCUT2D eigenvalue weighted by Crippen LogP contribution is 2.14. The lowest BCUT2D eigenvalue weighted by molar-refractivity contribution is 0.0743. The molecule has 112 valence electrons. The van der Waals surface area contributed by atoms with Crippen molar-refractivity contribution in [1.82, 2.24) is 24.8 Å². The summed E-state index contributed by atoms with van der Waals surface area (Å²) in [6.07, 6.45) is 10.4. The van der Waals surface area contributed by atoms with Crippen molar-refractivity contribution in [3.8, 4) is 0 Å². The minimum absolute atomic E-state index is 0.0351. The van der Waals surface area contributed by atoms with E-state index >= 15 is 0 Å². The number of fused-ring (bicyclic) bond motifs is 1. The summed E-state index contributed by atoms with van der Waals surface area (Å²) in [5.41, 5.74) is 1.39. The summed E-state index contributed by atoms with van der Waals surface area (Å²) in [5, 5.41) is 7.71. The van der Waals surface area contributed by atoms with Crippen LogP contribution >= 0.6 is 0 Å². The molecule has 1 unspecified atom stereocenters. The van der Waals surface area contributed by atoms with E-state index in [2.05, 4.69) is 15.4 Å². The predicted octanol–water partition coefficient (Wildman–Crippen LogP) is 1.33. The zero-order valence-electron chi connectivity index (χ0n) is 12.3. The summed E-state index contributed by atoms with van der Waals surface area (Å²) in [6, 6.07) is 0.405. The van der Waals surface area contributed by atoms with Gasteiger partial charge in [0.05, 0.1) is 23.5 Å². The molecule has 1 aliphatic heterocycles. The van der Waals surface area contributed by atoms with Gasteiger partial charge in [-0.2, -0.15) is 5.10 Å². The smallest absolute Gasteiger partial charge is 0.257 e. The normalized spacial score (nSPS) is 18.8. The van der Waals surface area contributed by atoms with Gasteiger partial charge in [-0.1, -0.05) is 6.42 Å². The Morgan fingerprint density at radius 1 is 1.48 bits per heavy atom. The number of rotatable bonds is 4. The van der Waals surface area contributed by atoms with Crippen molar-refractivity contribution in [2.45, 2.75) is 32.2 Å². The number of likely N-dealkylation sites (N-methyl/N-ethyl adjacent to an activating group) is 1. The lowest BCUT2D eigenvalue weighted by Gasteiger charge is -2.29. The Labute approximate surface area is 124 Å². The molecule has 6 heteroatoms. The minimum atomic E-state index is 0.0351. The second-order valence-corrected chi connectivity index (χ2v) is 5.45. The molecule has 1 saturated heterocycles. The minimum Gasteiger partial charge on any atom is -0.337 e. The highest BCUT2D eigenvalue weighted by Gasteiger charge is 2.22. The lowest BCUT2D eigenvalue weighted by atomic mass is 10.0. The molecule has 1 aliphatic rings. The first-order valence-electron chi connectivity index (χ1n) is 7.59. The second-order valence-electron chi connectivity index (χ2n) is 5.45. The van der Waals surface area contributed by atoms with Crippen LogP contribution in [0.2, 0.25) is 0 Å². The molecule has 1 amide bonds. The maximum absolute atomic E-state index is 12.7. The quantitative estimate of drug-likeness (QED) is 0.921. The van der Waals surface area contributed by atoms with Gasteiger partial charge in [0.15, 0.2) is 0 Å². The molecule has 3 rings (SSSR count). The molecular weight excluding hydrogens is 266 g/mol. The van der Waals surface area contributed by atoms with E-state index in [1.807, 2.05) is 11.8 Å². The molecule has 0 saturated carbocycles. The second kappa shape index (κ2) is 6.22. The first kappa shape index (κ1) is 14.0. The molecule has 21 heavy (non-hydrogen) atoms. The Morgan fingerprint density at radius 3 is 3.14 bits per heavy atom. The Bertz CT molecular complexity index is 617. The Hall–Kier alpha value is -1.95. The van der Waals surface area contributed by atoms with Crippen LogP contribution < -0.4 is 5.32 Å². The molecule has 1 N–H and O–H groups in total. The van der Waals surface area contributed by atoms with Crippen molar-refractivity contribution in [2.75, 3.05) is 19.6 Å². The van der Waals surface area contributed by atoms with Gasteiger partial charge in [-0.05, 0) is 26.3 Å². The zero-order valence-corrected chi connectivity index (χ0v) is 12.3. The summed E-state index contributed by atoms with van der Waals surface area (Å²) in [5.74, 6) is 0.0351. The largest absolute Gasteiger partial charge is 0.337 e. The number of piperidine rings is 1. The van der Waals surface area contributed by atoms with Crippen LogP contribution in [0, 0.1) is 0 Å². The first-order chi connectivity index (χ1) is 10.3. The van der Waals surface area contributed by atoms with E-state index < -0.39 is 0 Å². The van der Waals surface area contributed by atoms with E-state index in [1.54, 1.807) is 29.3 Å². The molecule has 6 nitrogen and oxygen atoms in total. The number of hydrogen-bond donors (Lipinski definition) is 1. The number of amides is 1. The molecule has 0 aromatic carbocycles. The van der Waals surface area contributed by atoms with Gasteiger partial charge in [0.2, 0.25) is 0 Å². The average Bonchev–Trinajstić information content (AvgIpc) is 2.97. The third kappa shape index (κ3) is 2.90. The fourth-order valence-electron chi connectivity index (χ4n) is 2.87. The maximum atomic E-state index is 12.7. The fourth-order valence-corrected chi connectivity index (χ4v) is 2.87.